The zero-order chi connectivity index (χ0) is 14.7. The molecule has 0 heterocycles. The number of ketones is 1. The molecule has 4 nitrogen and oxygen atoms in total. The number of benzene rings is 2. The summed E-state index contributed by atoms with van der Waals surface area (Å²) in [5.41, 5.74) is 0.127. The van der Waals surface area contributed by atoms with Crippen molar-refractivity contribution in [3.05, 3.63) is 53.3 Å². The first-order valence-corrected chi connectivity index (χ1v) is 5.81. The molecule has 0 fully saturated rings. The van der Waals surface area contributed by atoms with Crippen LogP contribution in [0.2, 0.25) is 0 Å². The van der Waals surface area contributed by atoms with Crippen molar-refractivity contribution < 1.29 is 23.8 Å². The Labute approximate surface area is 115 Å². The molecular weight excluding hydrogens is 263 g/mol. The third-order valence-corrected chi connectivity index (χ3v) is 2.82. The second-order valence-corrected chi connectivity index (χ2v) is 4.09. The van der Waals surface area contributed by atoms with E-state index in [1.165, 1.54) is 26.4 Å². The molecule has 0 bridgehead atoms. The largest absolute Gasteiger partial charge is 0.507 e. The van der Waals surface area contributed by atoms with Gasteiger partial charge in [0.25, 0.3) is 0 Å². The number of hydrogen-bond donors (Lipinski definition) is 1. The lowest BCUT2D eigenvalue weighted by Gasteiger charge is -2.09. The topological polar surface area (TPSA) is 55.8 Å². The quantitative estimate of drug-likeness (QED) is 0.872. The maximum absolute atomic E-state index is 13.2. The van der Waals surface area contributed by atoms with Crippen molar-refractivity contribution in [1.29, 1.82) is 0 Å². The van der Waals surface area contributed by atoms with Gasteiger partial charge in [-0.25, -0.2) is 4.39 Å². The number of hydrogen-bond acceptors (Lipinski definition) is 4. The predicted molar refractivity (Wildman–Crippen MR) is 71.0 cm³/mol. The van der Waals surface area contributed by atoms with Gasteiger partial charge in [0.2, 0.25) is 0 Å². The smallest absolute Gasteiger partial charge is 0.197 e. The fourth-order valence-corrected chi connectivity index (χ4v) is 1.78. The summed E-state index contributed by atoms with van der Waals surface area (Å²) >= 11 is 0. The van der Waals surface area contributed by atoms with E-state index in [0.717, 1.165) is 18.2 Å². The lowest BCUT2D eigenvalue weighted by atomic mass is 10.0. The number of phenolic OH excluding ortho intramolecular Hbond substituents is 1. The van der Waals surface area contributed by atoms with Crippen molar-refractivity contribution in [2.24, 2.45) is 0 Å². The Balaban J connectivity index is 2.50. The molecule has 0 saturated carbocycles. The molecule has 0 aromatic heterocycles. The van der Waals surface area contributed by atoms with Gasteiger partial charge in [0.1, 0.15) is 23.1 Å². The second-order valence-electron chi connectivity index (χ2n) is 4.09. The van der Waals surface area contributed by atoms with Gasteiger partial charge in [-0.3, -0.25) is 4.79 Å². The number of carbonyl (C=O) groups excluding carboxylic acids is 1. The molecule has 0 unspecified atom stereocenters. The van der Waals surface area contributed by atoms with Gasteiger partial charge in [0, 0.05) is 11.6 Å². The van der Waals surface area contributed by atoms with E-state index in [2.05, 4.69) is 0 Å². The third kappa shape index (κ3) is 2.71. The van der Waals surface area contributed by atoms with E-state index in [-0.39, 0.29) is 16.9 Å². The summed E-state index contributed by atoms with van der Waals surface area (Å²) in [6.07, 6.45) is 0. The Morgan fingerprint density at radius 3 is 2.20 bits per heavy atom. The van der Waals surface area contributed by atoms with E-state index in [4.69, 9.17) is 9.47 Å². The average Bonchev–Trinajstić information content (AvgIpc) is 2.48. The van der Waals surface area contributed by atoms with Crippen LogP contribution in [0.4, 0.5) is 4.39 Å². The van der Waals surface area contributed by atoms with Gasteiger partial charge in [-0.05, 0) is 30.3 Å². The molecule has 1 N–H and O–H groups in total. The monoisotopic (exact) mass is 276 g/mol. The Bertz CT molecular complexity index is 630. The van der Waals surface area contributed by atoms with Gasteiger partial charge in [-0.2, -0.15) is 0 Å². The highest BCUT2D eigenvalue weighted by Crippen LogP contribution is 2.27. The van der Waals surface area contributed by atoms with Crippen LogP contribution in [-0.2, 0) is 0 Å². The summed E-state index contributed by atoms with van der Waals surface area (Å²) in [6.45, 7) is 0. The molecule has 5 heteroatoms. The molecule has 0 atom stereocenters. The van der Waals surface area contributed by atoms with E-state index in [0.29, 0.717) is 11.5 Å². The molecule has 0 amide bonds. The van der Waals surface area contributed by atoms with Crippen LogP contribution in [0, 0.1) is 5.82 Å². The maximum Gasteiger partial charge on any atom is 0.197 e. The summed E-state index contributed by atoms with van der Waals surface area (Å²) in [5.74, 6) is -0.523. The van der Waals surface area contributed by atoms with E-state index in [1.54, 1.807) is 6.07 Å². The normalized spacial score (nSPS) is 10.2. The van der Waals surface area contributed by atoms with Crippen LogP contribution in [0.5, 0.6) is 17.2 Å². The summed E-state index contributed by atoms with van der Waals surface area (Å²) in [4.78, 5) is 12.3. The molecular formula is C15H13FO4. The van der Waals surface area contributed by atoms with Gasteiger partial charge in [-0.15, -0.1) is 0 Å². The molecule has 2 aromatic carbocycles. The zero-order valence-electron chi connectivity index (χ0n) is 11.0. The molecule has 0 aliphatic carbocycles. The predicted octanol–water partition coefficient (Wildman–Crippen LogP) is 2.78. The van der Waals surface area contributed by atoms with Gasteiger partial charge in [0.05, 0.1) is 19.8 Å². The lowest BCUT2D eigenvalue weighted by Crippen LogP contribution is -2.03. The number of methoxy groups -OCH3 is 2. The molecule has 0 aliphatic rings. The van der Waals surface area contributed by atoms with Crippen molar-refractivity contribution in [2.45, 2.75) is 0 Å². The van der Waals surface area contributed by atoms with Gasteiger partial charge < -0.3 is 14.6 Å². The highest BCUT2D eigenvalue weighted by atomic mass is 19.1. The number of carbonyl (C=O) groups is 1. The first kappa shape index (κ1) is 13.9. The Morgan fingerprint density at radius 2 is 1.65 bits per heavy atom. The van der Waals surface area contributed by atoms with E-state index in [9.17, 15) is 14.3 Å². The number of ether oxygens (including phenoxy) is 2. The first-order valence-electron chi connectivity index (χ1n) is 5.81. The van der Waals surface area contributed by atoms with Gasteiger partial charge in [0.15, 0.2) is 5.78 Å². The molecule has 2 aromatic rings. The summed E-state index contributed by atoms with van der Waals surface area (Å²) < 4.78 is 23.3. The van der Waals surface area contributed by atoms with Crippen molar-refractivity contribution in [3.63, 3.8) is 0 Å². The van der Waals surface area contributed by atoms with E-state index in [1.807, 2.05) is 0 Å². The number of phenols is 1. The Kier molecular flexibility index (Phi) is 3.89. The van der Waals surface area contributed by atoms with Crippen molar-refractivity contribution >= 4 is 5.78 Å². The SMILES string of the molecule is COc1cc(OC)cc(C(=O)c2cc(F)ccc2O)c1. The minimum atomic E-state index is -0.596. The standard InChI is InChI=1S/C15H13FO4/c1-19-11-5-9(6-12(8-11)20-2)15(18)13-7-10(16)3-4-14(13)17/h3-8,17H,1-2H3. The van der Waals surface area contributed by atoms with Crippen LogP contribution in [0.15, 0.2) is 36.4 Å². The highest BCUT2D eigenvalue weighted by Gasteiger charge is 2.16. The van der Waals surface area contributed by atoms with Crippen LogP contribution in [0.3, 0.4) is 0 Å². The molecule has 0 aliphatic heterocycles. The lowest BCUT2D eigenvalue weighted by molar-refractivity contribution is 0.103. The molecule has 0 saturated heterocycles. The summed E-state index contributed by atoms with van der Waals surface area (Å²) in [6, 6.07) is 7.81. The van der Waals surface area contributed by atoms with Gasteiger partial charge >= 0.3 is 0 Å². The second kappa shape index (κ2) is 5.61. The number of aromatic hydroxyl groups is 1. The van der Waals surface area contributed by atoms with Gasteiger partial charge in [-0.1, -0.05) is 0 Å². The molecule has 0 radical (unpaired) electrons. The fourth-order valence-electron chi connectivity index (χ4n) is 1.78. The van der Waals surface area contributed by atoms with E-state index >= 15 is 0 Å². The van der Waals surface area contributed by atoms with E-state index < -0.39 is 11.6 Å². The maximum atomic E-state index is 13.2. The summed E-state index contributed by atoms with van der Waals surface area (Å²) in [5, 5.41) is 9.67. The minimum Gasteiger partial charge on any atom is -0.507 e. The van der Waals surface area contributed by atoms with Crippen LogP contribution >= 0.6 is 0 Å². The van der Waals surface area contributed by atoms with Crippen LogP contribution in [-0.4, -0.2) is 25.1 Å². The minimum absolute atomic E-state index is 0.111. The van der Waals surface area contributed by atoms with Crippen molar-refractivity contribution in [3.8, 4) is 17.2 Å². The zero-order valence-corrected chi connectivity index (χ0v) is 11.0. The van der Waals surface area contributed by atoms with Crippen molar-refractivity contribution in [2.75, 3.05) is 14.2 Å². The van der Waals surface area contributed by atoms with Crippen LogP contribution < -0.4 is 9.47 Å². The number of rotatable bonds is 4. The molecule has 2 rings (SSSR count). The first-order chi connectivity index (χ1) is 9.55. The van der Waals surface area contributed by atoms with Crippen molar-refractivity contribution in [1.82, 2.24) is 0 Å². The Morgan fingerprint density at radius 1 is 1.05 bits per heavy atom. The molecule has 104 valence electrons. The Hall–Kier alpha value is -2.56. The average molecular weight is 276 g/mol. The van der Waals surface area contributed by atoms with Crippen LogP contribution in [0.25, 0.3) is 0 Å². The fraction of sp³-hybridized carbons (Fsp3) is 0.133. The third-order valence-electron chi connectivity index (χ3n) is 2.82. The highest BCUT2D eigenvalue weighted by molar-refractivity contribution is 6.11. The molecule has 0 spiro atoms. The number of halogens is 1. The van der Waals surface area contributed by atoms with Crippen LogP contribution in [0.1, 0.15) is 15.9 Å². The summed E-state index contributed by atoms with van der Waals surface area (Å²) in [7, 11) is 2.92. The molecule has 20 heavy (non-hydrogen) atoms.